The molecule has 30 heavy (non-hydrogen) atoms. The number of rotatable bonds is 6. The second-order valence-corrected chi connectivity index (χ2v) is 7.03. The van der Waals surface area contributed by atoms with Gasteiger partial charge in [-0.05, 0) is 37.1 Å². The summed E-state index contributed by atoms with van der Waals surface area (Å²) in [5.41, 5.74) is 0.879. The molecule has 0 bridgehead atoms. The number of alkyl halides is 3. The van der Waals surface area contributed by atoms with Crippen LogP contribution in [0, 0.1) is 0 Å². The van der Waals surface area contributed by atoms with Gasteiger partial charge in [-0.25, -0.2) is 9.50 Å². The lowest BCUT2D eigenvalue weighted by Crippen LogP contribution is -2.32. The van der Waals surface area contributed by atoms with E-state index in [0.29, 0.717) is 11.3 Å². The molecule has 3 heterocycles. The largest absolute Gasteiger partial charge is 0.478 e. The molecule has 158 valence electrons. The first-order chi connectivity index (χ1) is 14.4. The Morgan fingerprint density at radius 1 is 1.23 bits per heavy atom. The molecule has 1 aliphatic rings. The molecule has 0 unspecified atom stereocenters. The number of carbonyl (C=O) groups excluding carboxylic acids is 1. The Bertz CT molecular complexity index is 1050. The number of carbonyl (C=O) groups is 1. The number of aromatic nitrogens is 3. The minimum Gasteiger partial charge on any atom is -0.478 e. The standard InChI is InChI=1S/C20H19F3N4O3/c21-20(22,23)12-29-17-6-3-8-24-19(17)30-15-7-9-27-14(10-15)11-16(26-27)18(28)25-13-4-1-2-5-13/h3,6-11,13H,1-2,4-5,12H2,(H,25,28). The van der Waals surface area contributed by atoms with E-state index in [1.807, 2.05) is 0 Å². The van der Waals surface area contributed by atoms with Gasteiger partial charge in [-0.3, -0.25) is 4.79 Å². The van der Waals surface area contributed by atoms with E-state index in [-0.39, 0.29) is 29.3 Å². The molecule has 0 radical (unpaired) electrons. The molecule has 3 aromatic rings. The van der Waals surface area contributed by atoms with E-state index < -0.39 is 12.8 Å². The Morgan fingerprint density at radius 2 is 2.03 bits per heavy atom. The summed E-state index contributed by atoms with van der Waals surface area (Å²) in [6, 6.07) is 7.78. The SMILES string of the molecule is O=C(NC1CCCC1)c1cc2cc(Oc3ncccc3OCC(F)(F)F)ccn2n1. The molecule has 1 N–H and O–H groups in total. The van der Waals surface area contributed by atoms with Gasteiger partial charge in [0.05, 0.1) is 5.52 Å². The number of pyridine rings is 2. The van der Waals surface area contributed by atoms with Crippen molar-refractivity contribution >= 4 is 11.4 Å². The molecule has 1 aliphatic carbocycles. The van der Waals surface area contributed by atoms with Crippen LogP contribution in [0.2, 0.25) is 0 Å². The fourth-order valence-corrected chi connectivity index (χ4v) is 3.31. The zero-order chi connectivity index (χ0) is 21.1. The van der Waals surface area contributed by atoms with Crippen LogP contribution in [0.15, 0.2) is 42.7 Å². The molecule has 1 amide bonds. The highest BCUT2D eigenvalue weighted by Gasteiger charge is 2.29. The average molecular weight is 420 g/mol. The molecular formula is C20H19F3N4O3. The number of nitrogens with zero attached hydrogens (tertiary/aromatic N) is 3. The van der Waals surface area contributed by atoms with Crippen LogP contribution in [0.5, 0.6) is 17.4 Å². The minimum absolute atomic E-state index is 0.0928. The van der Waals surface area contributed by atoms with Crippen molar-refractivity contribution in [3.05, 3.63) is 48.4 Å². The average Bonchev–Trinajstić information content (AvgIpc) is 3.36. The van der Waals surface area contributed by atoms with E-state index in [9.17, 15) is 18.0 Å². The lowest BCUT2D eigenvalue weighted by molar-refractivity contribution is -0.153. The molecule has 10 heteroatoms. The fraction of sp³-hybridized carbons (Fsp3) is 0.350. The summed E-state index contributed by atoms with van der Waals surface area (Å²) in [4.78, 5) is 16.4. The van der Waals surface area contributed by atoms with Crippen LogP contribution in [-0.4, -0.2) is 39.3 Å². The second kappa shape index (κ2) is 8.21. The van der Waals surface area contributed by atoms with E-state index in [4.69, 9.17) is 9.47 Å². The van der Waals surface area contributed by atoms with Crippen molar-refractivity contribution in [3.8, 4) is 17.4 Å². The van der Waals surface area contributed by atoms with Crippen LogP contribution >= 0.6 is 0 Å². The number of amides is 1. The predicted octanol–water partition coefficient (Wildman–Crippen LogP) is 4.14. The second-order valence-electron chi connectivity index (χ2n) is 7.03. The zero-order valence-electron chi connectivity index (χ0n) is 15.9. The van der Waals surface area contributed by atoms with E-state index in [1.165, 1.54) is 22.8 Å². The Balaban J connectivity index is 1.50. The van der Waals surface area contributed by atoms with Gasteiger partial charge in [-0.1, -0.05) is 12.8 Å². The molecule has 3 aromatic heterocycles. The van der Waals surface area contributed by atoms with Gasteiger partial charge in [0.1, 0.15) is 5.75 Å². The van der Waals surface area contributed by atoms with E-state index >= 15 is 0 Å². The number of fused-ring (bicyclic) bond motifs is 1. The maximum atomic E-state index is 12.4. The fourth-order valence-electron chi connectivity index (χ4n) is 3.31. The quantitative estimate of drug-likeness (QED) is 0.649. The number of hydrogen-bond donors (Lipinski definition) is 1. The first-order valence-electron chi connectivity index (χ1n) is 9.50. The van der Waals surface area contributed by atoms with Crippen LogP contribution in [-0.2, 0) is 0 Å². The van der Waals surface area contributed by atoms with Crippen molar-refractivity contribution in [3.63, 3.8) is 0 Å². The summed E-state index contributed by atoms with van der Waals surface area (Å²) >= 11 is 0. The summed E-state index contributed by atoms with van der Waals surface area (Å²) in [6.07, 6.45) is 2.67. The van der Waals surface area contributed by atoms with Crippen molar-refractivity contribution < 1.29 is 27.4 Å². The third-order valence-electron chi connectivity index (χ3n) is 4.70. The molecule has 0 aromatic carbocycles. The third-order valence-corrected chi connectivity index (χ3v) is 4.70. The maximum absolute atomic E-state index is 12.4. The summed E-state index contributed by atoms with van der Waals surface area (Å²) < 4.78 is 49.2. The van der Waals surface area contributed by atoms with Gasteiger partial charge in [-0.15, -0.1) is 0 Å². The van der Waals surface area contributed by atoms with Crippen LogP contribution in [0.1, 0.15) is 36.2 Å². The Kier molecular flexibility index (Phi) is 5.47. The molecule has 7 nitrogen and oxygen atoms in total. The monoisotopic (exact) mass is 420 g/mol. The van der Waals surface area contributed by atoms with Crippen molar-refractivity contribution in [2.45, 2.75) is 37.9 Å². The van der Waals surface area contributed by atoms with Crippen LogP contribution in [0.25, 0.3) is 5.52 Å². The van der Waals surface area contributed by atoms with Crippen molar-refractivity contribution in [2.75, 3.05) is 6.61 Å². The van der Waals surface area contributed by atoms with Gasteiger partial charge in [0.25, 0.3) is 11.8 Å². The topological polar surface area (TPSA) is 77.8 Å². The molecule has 1 fully saturated rings. The summed E-state index contributed by atoms with van der Waals surface area (Å²) in [7, 11) is 0. The van der Waals surface area contributed by atoms with Gasteiger partial charge in [0, 0.05) is 24.5 Å². The van der Waals surface area contributed by atoms with E-state index in [2.05, 4.69) is 15.4 Å². The molecule has 1 saturated carbocycles. The highest BCUT2D eigenvalue weighted by Crippen LogP contribution is 2.31. The first kappa shape index (κ1) is 20.0. The Labute approximate surface area is 169 Å². The first-order valence-corrected chi connectivity index (χ1v) is 9.50. The minimum atomic E-state index is -4.47. The summed E-state index contributed by atoms with van der Waals surface area (Å²) in [5.74, 6) is -0.133. The Hall–Kier alpha value is -3.30. The lowest BCUT2D eigenvalue weighted by Gasteiger charge is -2.12. The van der Waals surface area contributed by atoms with Crippen molar-refractivity contribution in [2.24, 2.45) is 0 Å². The number of ether oxygens (including phenoxy) is 2. The van der Waals surface area contributed by atoms with E-state index in [0.717, 1.165) is 25.7 Å². The zero-order valence-corrected chi connectivity index (χ0v) is 15.9. The highest BCUT2D eigenvalue weighted by atomic mass is 19.4. The third kappa shape index (κ3) is 4.81. The Morgan fingerprint density at radius 3 is 2.80 bits per heavy atom. The molecular weight excluding hydrogens is 401 g/mol. The molecule has 0 aliphatic heterocycles. The molecule has 0 saturated heterocycles. The van der Waals surface area contributed by atoms with Crippen molar-refractivity contribution in [1.82, 2.24) is 19.9 Å². The van der Waals surface area contributed by atoms with Gasteiger partial charge >= 0.3 is 6.18 Å². The van der Waals surface area contributed by atoms with Gasteiger partial charge < -0.3 is 14.8 Å². The summed E-state index contributed by atoms with van der Waals surface area (Å²) in [6.45, 7) is -1.45. The molecule has 0 spiro atoms. The maximum Gasteiger partial charge on any atom is 0.422 e. The van der Waals surface area contributed by atoms with Gasteiger partial charge in [0.2, 0.25) is 0 Å². The van der Waals surface area contributed by atoms with Crippen molar-refractivity contribution in [1.29, 1.82) is 0 Å². The lowest BCUT2D eigenvalue weighted by atomic mass is 10.2. The highest BCUT2D eigenvalue weighted by molar-refractivity contribution is 5.93. The molecule has 0 atom stereocenters. The van der Waals surface area contributed by atoms with Crippen LogP contribution < -0.4 is 14.8 Å². The van der Waals surface area contributed by atoms with Gasteiger partial charge in [0.15, 0.2) is 18.1 Å². The van der Waals surface area contributed by atoms with Crippen LogP contribution in [0.3, 0.4) is 0 Å². The van der Waals surface area contributed by atoms with Gasteiger partial charge in [-0.2, -0.15) is 18.3 Å². The number of nitrogens with one attached hydrogen (secondary N) is 1. The van der Waals surface area contributed by atoms with Crippen LogP contribution in [0.4, 0.5) is 13.2 Å². The smallest absolute Gasteiger partial charge is 0.422 e. The number of halogens is 3. The number of hydrogen-bond acceptors (Lipinski definition) is 5. The predicted molar refractivity (Wildman–Crippen MR) is 101 cm³/mol. The normalized spacial score (nSPS) is 14.8. The van der Waals surface area contributed by atoms with E-state index in [1.54, 1.807) is 24.4 Å². The molecule has 4 rings (SSSR count). The summed E-state index contributed by atoms with van der Waals surface area (Å²) in [5, 5.41) is 7.24.